The summed E-state index contributed by atoms with van der Waals surface area (Å²) < 4.78 is 18.9. The number of rotatable bonds is 6. The smallest absolute Gasteiger partial charge is 0.257 e. The summed E-state index contributed by atoms with van der Waals surface area (Å²) in [5.74, 6) is 1.06. The van der Waals surface area contributed by atoms with Gasteiger partial charge in [-0.3, -0.25) is 14.5 Å². The highest BCUT2D eigenvalue weighted by atomic mass is 19.1. The number of aryl methyl sites for hydroxylation is 2. The van der Waals surface area contributed by atoms with Crippen molar-refractivity contribution >= 4 is 11.8 Å². The van der Waals surface area contributed by atoms with Crippen LogP contribution in [0.15, 0.2) is 34.7 Å². The van der Waals surface area contributed by atoms with Crippen LogP contribution in [0.3, 0.4) is 0 Å². The van der Waals surface area contributed by atoms with Crippen molar-refractivity contribution in [3.63, 3.8) is 0 Å². The molecule has 0 N–H and O–H groups in total. The molecule has 2 amide bonds. The Hall–Kier alpha value is -2.67. The second kappa shape index (κ2) is 9.22. The molecule has 3 rings (SSSR count). The summed E-state index contributed by atoms with van der Waals surface area (Å²) in [4.78, 5) is 31.0. The molecule has 0 radical (unpaired) electrons. The molecule has 7 heteroatoms. The molecule has 0 bridgehead atoms. The van der Waals surface area contributed by atoms with Crippen LogP contribution in [-0.4, -0.2) is 65.8 Å². The third kappa shape index (κ3) is 5.23. The molecule has 0 saturated carbocycles. The number of hydrogen-bond acceptors (Lipinski definition) is 4. The van der Waals surface area contributed by atoms with E-state index in [0.717, 1.165) is 11.3 Å². The van der Waals surface area contributed by atoms with Crippen molar-refractivity contribution in [3.05, 3.63) is 58.8 Å². The molecule has 1 fully saturated rings. The molecule has 0 aliphatic carbocycles. The van der Waals surface area contributed by atoms with E-state index in [2.05, 4.69) is 4.90 Å². The van der Waals surface area contributed by atoms with Gasteiger partial charge in [-0.2, -0.15) is 0 Å². The fraction of sp³-hybridized carbons (Fsp3) is 0.455. The molecule has 0 atom stereocenters. The van der Waals surface area contributed by atoms with Crippen LogP contribution in [0.5, 0.6) is 0 Å². The van der Waals surface area contributed by atoms with Crippen LogP contribution in [0.1, 0.15) is 34.4 Å². The summed E-state index contributed by atoms with van der Waals surface area (Å²) in [7, 11) is 0. The molecular formula is C22H28FN3O3. The van der Waals surface area contributed by atoms with Crippen molar-refractivity contribution in [3.8, 4) is 0 Å². The minimum atomic E-state index is -0.296. The molecular weight excluding hydrogens is 373 g/mol. The lowest BCUT2D eigenvalue weighted by molar-refractivity contribution is -0.133. The van der Waals surface area contributed by atoms with Gasteiger partial charge in [0.2, 0.25) is 5.91 Å². The highest BCUT2D eigenvalue weighted by Crippen LogP contribution is 2.17. The number of piperazine rings is 1. The van der Waals surface area contributed by atoms with Crippen LogP contribution in [-0.2, 0) is 11.3 Å². The average Bonchev–Trinajstić information content (AvgIpc) is 3.04. The Kier molecular flexibility index (Phi) is 6.69. The van der Waals surface area contributed by atoms with Crippen LogP contribution >= 0.6 is 0 Å². The number of halogens is 1. The fourth-order valence-electron chi connectivity index (χ4n) is 3.65. The lowest BCUT2D eigenvalue weighted by atomic mass is 10.2. The number of likely N-dealkylation sites (N-methyl/N-ethyl adjacent to an activating group) is 1. The maximum atomic E-state index is 13.4. The first-order valence-corrected chi connectivity index (χ1v) is 9.98. The van der Waals surface area contributed by atoms with Gasteiger partial charge in [-0.05, 0) is 44.5 Å². The lowest BCUT2D eigenvalue weighted by Crippen LogP contribution is -2.51. The monoisotopic (exact) mass is 401 g/mol. The van der Waals surface area contributed by atoms with Gasteiger partial charge in [-0.15, -0.1) is 0 Å². The molecule has 1 aliphatic heterocycles. The highest BCUT2D eigenvalue weighted by Gasteiger charge is 2.26. The zero-order chi connectivity index (χ0) is 21.0. The number of carbonyl (C=O) groups excluding carboxylic acids is 2. The lowest BCUT2D eigenvalue weighted by Gasteiger charge is -2.35. The van der Waals surface area contributed by atoms with Crippen molar-refractivity contribution in [1.29, 1.82) is 0 Å². The normalized spacial score (nSPS) is 14.8. The Morgan fingerprint density at radius 2 is 1.86 bits per heavy atom. The van der Waals surface area contributed by atoms with Gasteiger partial charge in [0, 0.05) is 39.3 Å². The number of amides is 2. The first-order chi connectivity index (χ1) is 13.9. The third-order valence-electron chi connectivity index (χ3n) is 5.29. The van der Waals surface area contributed by atoms with Crippen LogP contribution in [0, 0.1) is 19.7 Å². The van der Waals surface area contributed by atoms with E-state index >= 15 is 0 Å². The minimum Gasteiger partial charge on any atom is -0.466 e. The Bertz CT molecular complexity index is 872. The van der Waals surface area contributed by atoms with E-state index in [1.807, 2.05) is 24.8 Å². The van der Waals surface area contributed by atoms with Gasteiger partial charge in [-0.25, -0.2) is 4.39 Å². The summed E-state index contributed by atoms with van der Waals surface area (Å²) in [6, 6.07) is 8.11. The van der Waals surface area contributed by atoms with Crippen molar-refractivity contribution in [1.82, 2.24) is 14.7 Å². The van der Waals surface area contributed by atoms with E-state index in [-0.39, 0.29) is 17.6 Å². The summed E-state index contributed by atoms with van der Waals surface area (Å²) in [6.45, 7) is 9.24. The molecule has 1 aromatic carbocycles. The molecule has 2 heterocycles. The van der Waals surface area contributed by atoms with Gasteiger partial charge >= 0.3 is 0 Å². The van der Waals surface area contributed by atoms with Gasteiger partial charge in [0.15, 0.2) is 0 Å². The molecule has 1 saturated heterocycles. The van der Waals surface area contributed by atoms with Gasteiger partial charge in [-0.1, -0.05) is 12.1 Å². The first-order valence-electron chi connectivity index (χ1n) is 9.98. The summed E-state index contributed by atoms with van der Waals surface area (Å²) in [5, 5.41) is 0. The Balaban J connectivity index is 1.52. The highest BCUT2D eigenvalue weighted by molar-refractivity contribution is 5.95. The molecule has 6 nitrogen and oxygen atoms in total. The summed E-state index contributed by atoms with van der Waals surface area (Å²) >= 11 is 0. The van der Waals surface area contributed by atoms with Crippen LogP contribution in [0.25, 0.3) is 0 Å². The Morgan fingerprint density at radius 1 is 1.14 bits per heavy atom. The maximum absolute atomic E-state index is 13.4. The second-order valence-corrected chi connectivity index (χ2v) is 7.43. The quantitative estimate of drug-likeness (QED) is 0.747. The number of hydrogen-bond donors (Lipinski definition) is 0. The maximum Gasteiger partial charge on any atom is 0.257 e. The van der Waals surface area contributed by atoms with Gasteiger partial charge < -0.3 is 14.2 Å². The van der Waals surface area contributed by atoms with Crippen molar-refractivity contribution in [2.45, 2.75) is 27.3 Å². The van der Waals surface area contributed by atoms with Gasteiger partial charge in [0.1, 0.15) is 17.3 Å². The molecule has 2 aromatic rings. The van der Waals surface area contributed by atoms with Crippen LogP contribution < -0.4 is 0 Å². The first kappa shape index (κ1) is 21.0. The number of carbonyl (C=O) groups is 2. The SMILES string of the molecule is CCN(Cc1cccc(F)c1)C(=O)CN1CCN(C(=O)c2cc(C)oc2C)CC1. The zero-order valence-electron chi connectivity index (χ0n) is 17.3. The second-order valence-electron chi connectivity index (χ2n) is 7.43. The number of nitrogens with zero attached hydrogens (tertiary/aromatic N) is 3. The molecule has 1 aliphatic rings. The predicted molar refractivity (Wildman–Crippen MR) is 108 cm³/mol. The van der Waals surface area contributed by atoms with E-state index in [9.17, 15) is 14.0 Å². The van der Waals surface area contributed by atoms with Crippen LogP contribution in [0.4, 0.5) is 4.39 Å². The Labute approximate surface area is 170 Å². The van der Waals surface area contributed by atoms with Crippen LogP contribution in [0.2, 0.25) is 0 Å². The van der Waals surface area contributed by atoms with Gasteiger partial charge in [0.05, 0.1) is 12.1 Å². The topological polar surface area (TPSA) is 57.0 Å². The summed E-state index contributed by atoms with van der Waals surface area (Å²) in [5.41, 5.74) is 1.39. The molecule has 1 aromatic heterocycles. The fourth-order valence-corrected chi connectivity index (χ4v) is 3.65. The van der Waals surface area contributed by atoms with E-state index in [1.165, 1.54) is 12.1 Å². The number of benzene rings is 1. The van der Waals surface area contributed by atoms with Gasteiger partial charge in [0.25, 0.3) is 5.91 Å². The standard InChI is InChI=1S/C22H28FN3O3/c1-4-25(14-18-6-5-7-19(23)13-18)21(27)15-24-8-10-26(11-9-24)22(28)20-12-16(2)29-17(20)3/h5-7,12-13H,4,8-11,14-15H2,1-3H3. The summed E-state index contributed by atoms with van der Waals surface area (Å²) in [6.07, 6.45) is 0. The van der Waals surface area contributed by atoms with Crippen molar-refractivity contribution in [2.75, 3.05) is 39.3 Å². The zero-order valence-corrected chi connectivity index (χ0v) is 17.3. The largest absolute Gasteiger partial charge is 0.466 e. The predicted octanol–water partition coefficient (Wildman–Crippen LogP) is 2.84. The van der Waals surface area contributed by atoms with E-state index in [1.54, 1.807) is 24.0 Å². The van der Waals surface area contributed by atoms with E-state index in [4.69, 9.17) is 4.42 Å². The van der Waals surface area contributed by atoms with E-state index < -0.39 is 0 Å². The molecule has 0 spiro atoms. The van der Waals surface area contributed by atoms with Crippen molar-refractivity contribution in [2.24, 2.45) is 0 Å². The third-order valence-corrected chi connectivity index (χ3v) is 5.29. The Morgan fingerprint density at radius 3 is 2.45 bits per heavy atom. The minimum absolute atomic E-state index is 0.0119. The van der Waals surface area contributed by atoms with E-state index in [0.29, 0.717) is 57.1 Å². The average molecular weight is 401 g/mol. The molecule has 156 valence electrons. The molecule has 0 unspecified atom stereocenters. The van der Waals surface area contributed by atoms with Crippen molar-refractivity contribution < 1.29 is 18.4 Å². The number of furan rings is 1. The molecule has 29 heavy (non-hydrogen) atoms.